The summed E-state index contributed by atoms with van der Waals surface area (Å²) in [4.78, 5) is 30.4. The van der Waals surface area contributed by atoms with E-state index in [1.54, 1.807) is 31.6 Å². The number of hydrogen-bond acceptors (Lipinski definition) is 6. The number of aromatic nitrogens is 3. The van der Waals surface area contributed by atoms with E-state index < -0.39 is 6.04 Å². The lowest BCUT2D eigenvalue weighted by Gasteiger charge is -2.19. The van der Waals surface area contributed by atoms with Crippen LogP contribution in [-0.4, -0.2) is 32.7 Å². The van der Waals surface area contributed by atoms with E-state index in [9.17, 15) is 9.59 Å². The Hall–Kier alpha value is -3.00. The maximum Gasteiger partial charge on any atom is 0.308 e. The molecule has 0 fully saturated rings. The zero-order valence-electron chi connectivity index (χ0n) is 17.8. The van der Waals surface area contributed by atoms with E-state index in [-0.39, 0.29) is 24.4 Å². The van der Waals surface area contributed by atoms with Gasteiger partial charge in [-0.3, -0.25) is 14.3 Å². The zero-order valence-corrected chi connectivity index (χ0v) is 18.6. The summed E-state index contributed by atoms with van der Waals surface area (Å²) < 4.78 is 6.99. The molecule has 8 heteroatoms. The predicted octanol–water partition coefficient (Wildman–Crippen LogP) is 3.97. The third-order valence-corrected chi connectivity index (χ3v) is 5.68. The monoisotopic (exact) mass is 426 g/mol. The number of nitrogens with one attached hydrogen (secondary N) is 1. The SMILES string of the molecule is Cc1ccc(C(CC(=O)OC(C)C)NC(=O)c2sc(-c3cnn(C)c3)nc2C)cc1. The van der Waals surface area contributed by atoms with Gasteiger partial charge < -0.3 is 10.1 Å². The van der Waals surface area contributed by atoms with Crippen molar-refractivity contribution in [3.05, 3.63) is 58.4 Å². The summed E-state index contributed by atoms with van der Waals surface area (Å²) in [6.07, 6.45) is 3.42. The molecule has 1 aromatic carbocycles. The minimum atomic E-state index is -0.493. The summed E-state index contributed by atoms with van der Waals surface area (Å²) >= 11 is 1.31. The minimum absolute atomic E-state index is 0.0558. The lowest BCUT2D eigenvalue weighted by atomic mass is 10.0. The maximum atomic E-state index is 13.1. The molecule has 0 saturated heterocycles. The number of hydrogen-bond donors (Lipinski definition) is 1. The van der Waals surface area contributed by atoms with Gasteiger partial charge in [-0.05, 0) is 33.3 Å². The van der Waals surface area contributed by atoms with E-state index in [2.05, 4.69) is 15.4 Å². The molecule has 3 aromatic rings. The molecule has 30 heavy (non-hydrogen) atoms. The second kappa shape index (κ2) is 9.21. The van der Waals surface area contributed by atoms with E-state index in [1.165, 1.54) is 11.3 Å². The van der Waals surface area contributed by atoms with Crippen molar-refractivity contribution >= 4 is 23.2 Å². The third-order valence-electron chi connectivity index (χ3n) is 4.48. The van der Waals surface area contributed by atoms with E-state index >= 15 is 0 Å². The topological polar surface area (TPSA) is 86.1 Å². The van der Waals surface area contributed by atoms with E-state index in [4.69, 9.17) is 4.74 Å². The van der Waals surface area contributed by atoms with Crippen LogP contribution in [0.25, 0.3) is 10.6 Å². The Labute approximate surface area is 180 Å². The maximum absolute atomic E-state index is 13.1. The minimum Gasteiger partial charge on any atom is -0.463 e. The van der Waals surface area contributed by atoms with E-state index in [0.29, 0.717) is 10.6 Å². The summed E-state index contributed by atoms with van der Waals surface area (Å²) in [5.74, 6) is -0.615. The zero-order chi connectivity index (χ0) is 21.8. The Morgan fingerprint density at radius 1 is 1.20 bits per heavy atom. The van der Waals surface area contributed by atoms with Gasteiger partial charge in [-0.15, -0.1) is 11.3 Å². The second-order valence-corrected chi connectivity index (χ2v) is 8.51. The Kier molecular flexibility index (Phi) is 6.66. The van der Waals surface area contributed by atoms with Gasteiger partial charge in [0.25, 0.3) is 5.91 Å². The molecular formula is C22H26N4O3S. The van der Waals surface area contributed by atoms with Crippen LogP contribution in [0.1, 0.15) is 52.8 Å². The van der Waals surface area contributed by atoms with Crippen LogP contribution in [0.2, 0.25) is 0 Å². The van der Waals surface area contributed by atoms with Crippen LogP contribution in [0.4, 0.5) is 0 Å². The van der Waals surface area contributed by atoms with Gasteiger partial charge in [0.15, 0.2) is 0 Å². The lowest BCUT2D eigenvalue weighted by Crippen LogP contribution is -2.31. The van der Waals surface area contributed by atoms with Crippen LogP contribution in [-0.2, 0) is 16.6 Å². The third kappa shape index (κ3) is 5.33. The standard InChI is InChI=1S/C22H26N4O3S/c1-13(2)29-19(27)10-18(16-8-6-14(3)7-9-16)25-21(28)20-15(4)24-22(30-20)17-11-23-26(5)12-17/h6-9,11-13,18H,10H2,1-5H3,(H,25,28). The smallest absolute Gasteiger partial charge is 0.308 e. The Bertz CT molecular complexity index is 1040. The number of nitrogens with zero attached hydrogens (tertiary/aromatic N) is 3. The molecule has 1 unspecified atom stereocenters. The van der Waals surface area contributed by atoms with Crippen molar-refractivity contribution in [2.24, 2.45) is 7.05 Å². The average Bonchev–Trinajstić information content (AvgIpc) is 3.26. The van der Waals surface area contributed by atoms with Gasteiger partial charge >= 0.3 is 5.97 Å². The van der Waals surface area contributed by atoms with Crippen molar-refractivity contribution in [3.63, 3.8) is 0 Å². The highest BCUT2D eigenvalue weighted by Gasteiger charge is 2.24. The van der Waals surface area contributed by atoms with Gasteiger partial charge in [0.05, 0.1) is 30.5 Å². The highest BCUT2D eigenvalue weighted by molar-refractivity contribution is 7.17. The number of rotatable bonds is 7. The lowest BCUT2D eigenvalue weighted by molar-refractivity contribution is -0.147. The predicted molar refractivity (Wildman–Crippen MR) is 116 cm³/mol. The highest BCUT2D eigenvalue weighted by Crippen LogP contribution is 2.28. The summed E-state index contributed by atoms with van der Waals surface area (Å²) in [5, 5.41) is 7.89. The molecule has 0 aliphatic rings. The van der Waals surface area contributed by atoms with Crippen LogP contribution in [0.5, 0.6) is 0 Å². The number of benzene rings is 1. The van der Waals surface area contributed by atoms with Gasteiger partial charge in [0, 0.05) is 18.8 Å². The summed E-state index contributed by atoms with van der Waals surface area (Å²) in [6.45, 7) is 7.40. The highest BCUT2D eigenvalue weighted by atomic mass is 32.1. The van der Waals surface area contributed by atoms with Crippen molar-refractivity contribution in [1.29, 1.82) is 0 Å². The van der Waals surface area contributed by atoms with Crippen LogP contribution >= 0.6 is 11.3 Å². The first kappa shape index (κ1) is 21.7. The average molecular weight is 427 g/mol. The van der Waals surface area contributed by atoms with Crippen LogP contribution in [0.15, 0.2) is 36.7 Å². The molecule has 0 aliphatic carbocycles. The molecule has 0 bridgehead atoms. The summed E-state index contributed by atoms with van der Waals surface area (Å²) in [7, 11) is 1.83. The first-order chi connectivity index (χ1) is 14.2. The normalized spacial score (nSPS) is 12.1. The Balaban J connectivity index is 1.83. The van der Waals surface area contributed by atoms with Gasteiger partial charge in [-0.25, -0.2) is 4.98 Å². The molecule has 7 nitrogen and oxygen atoms in total. The molecule has 1 amide bonds. The van der Waals surface area contributed by atoms with E-state index in [1.807, 2.05) is 44.4 Å². The molecule has 2 aromatic heterocycles. The number of amides is 1. The number of thiazole rings is 1. The number of carbonyl (C=O) groups is 2. The fourth-order valence-electron chi connectivity index (χ4n) is 3.01. The first-order valence-corrected chi connectivity index (χ1v) is 10.6. The molecule has 1 N–H and O–H groups in total. The number of ether oxygens (including phenoxy) is 1. The van der Waals surface area contributed by atoms with E-state index in [0.717, 1.165) is 21.7 Å². The van der Waals surface area contributed by atoms with Gasteiger partial charge in [0.1, 0.15) is 9.88 Å². The molecule has 1 atom stereocenters. The quantitative estimate of drug-likeness (QED) is 0.578. The van der Waals surface area contributed by atoms with Crippen LogP contribution < -0.4 is 5.32 Å². The molecule has 0 saturated carbocycles. The molecule has 3 rings (SSSR count). The first-order valence-electron chi connectivity index (χ1n) is 9.76. The number of carbonyl (C=O) groups excluding carboxylic acids is 2. The summed E-state index contributed by atoms with van der Waals surface area (Å²) in [6, 6.07) is 7.27. The number of esters is 1. The largest absolute Gasteiger partial charge is 0.463 e. The second-order valence-electron chi connectivity index (χ2n) is 7.52. The molecule has 0 aliphatic heterocycles. The number of aryl methyl sites for hydroxylation is 3. The fraction of sp³-hybridized carbons (Fsp3) is 0.364. The summed E-state index contributed by atoms with van der Waals surface area (Å²) in [5.41, 5.74) is 3.46. The van der Waals surface area contributed by atoms with Crippen molar-refractivity contribution in [3.8, 4) is 10.6 Å². The fourth-order valence-corrected chi connectivity index (χ4v) is 3.96. The van der Waals surface area contributed by atoms with Crippen molar-refractivity contribution in [2.75, 3.05) is 0 Å². The molecule has 0 radical (unpaired) electrons. The van der Waals surface area contributed by atoms with Crippen LogP contribution in [0, 0.1) is 13.8 Å². The Morgan fingerprint density at radius 2 is 1.90 bits per heavy atom. The molecular weight excluding hydrogens is 400 g/mol. The van der Waals surface area contributed by atoms with Crippen molar-refractivity contribution in [2.45, 2.75) is 46.3 Å². The molecule has 0 spiro atoms. The molecule has 158 valence electrons. The van der Waals surface area contributed by atoms with Gasteiger partial charge in [0.2, 0.25) is 0 Å². The van der Waals surface area contributed by atoms with Gasteiger partial charge in [-0.2, -0.15) is 5.10 Å². The van der Waals surface area contributed by atoms with Crippen molar-refractivity contribution in [1.82, 2.24) is 20.1 Å². The van der Waals surface area contributed by atoms with Crippen molar-refractivity contribution < 1.29 is 14.3 Å². The Morgan fingerprint density at radius 3 is 2.50 bits per heavy atom. The van der Waals surface area contributed by atoms with Crippen LogP contribution in [0.3, 0.4) is 0 Å². The van der Waals surface area contributed by atoms with Gasteiger partial charge in [-0.1, -0.05) is 29.8 Å². The molecule has 2 heterocycles.